The fraction of sp³-hybridized carbons (Fsp3) is 0.0714. The smallest absolute Gasteiger partial charge is 0.255 e. The number of benzene rings is 2. The molecule has 6 heteroatoms. The molecule has 0 saturated heterocycles. The Morgan fingerprint density at radius 2 is 1.95 bits per heavy atom. The van der Waals surface area contributed by atoms with Crippen molar-refractivity contribution in [3.63, 3.8) is 0 Å². The number of ether oxygens (including phenoxy) is 2. The van der Waals surface area contributed by atoms with Crippen LogP contribution in [-0.2, 0) is 0 Å². The number of fused-ring (bicyclic) bond motifs is 1. The minimum atomic E-state index is -0.231. The van der Waals surface area contributed by atoms with E-state index in [-0.39, 0.29) is 12.7 Å². The van der Waals surface area contributed by atoms with Crippen LogP contribution < -0.4 is 20.5 Å². The summed E-state index contributed by atoms with van der Waals surface area (Å²) in [5, 5.41) is 2.78. The van der Waals surface area contributed by atoms with Gasteiger partial charge in [0.05, 0.1) is 0 Å². The highest BCUT2D eigenvalue weighted by Crippen LogP contribution is 2.32. The number of anilines is 2. The molecule has 0 spiro atoms. The van der Waals surface area contributed by atoms with Gasteiger partial charge in [-0.15, -0.1) is 0 Å². The minimum absolute atomic E-state index is 0.184. The van der Waals surface area contributed by atoms with Gasteiger partial charge in [0, 0.05) is 21.4 Å². The van der Waals surface area contributed by atoms with Crippen LogP contribution in [0, 0.1) is 0 Å². The van der Waals surface area contributed by atoms with Gasteiger partial charge in [-0.3, -0.25) is 4.79 Å². The third kappa shape index (κ3) is 2.42. The summed E-state index contributed by atoms with van der Waals surface area (Å²) >= 11 is 3.31. The minimum Gasteiger partial charge on any atom is -0.454 e. The molecule has 1 amide bonds. The van der Waals surface area contributed by atoms with Crippen molar-refractivity contribution >= 4 is 33.2 Å². The third-order valence-electron chi connectivity index (χ3n) is 2.89. The third-order valence-corrected chi connectivity index (χ3v) is 3.61. The first-order chi connectivity index (χ1) is 9.63. The van der Waals surface area contributed by atoms with Gasteiger partial charge in [-0.05, 0) is 52.3 Å². The Kier molecular flexibility index (Phi) is 3.23. The first kappa shape index (κ1) is 12.8. The van der Waals surface area contributed by atoms with E-state index in [1.807, 2.05) is 0 Å². The van der Waals surface area contributed by atoms with E-state index in [4.69, 9.17) is 15.2 Å². The van der Waals surface area contributed by atoms with E-state index in [0.29, 0.717) is 28.4 Å². The van der Waals surface area contributed by atoms with Crippen molar-refractivity contribution in [1.82, 2.24) is 0 Å². The van der Waals surface area contributed by atoms with E-state index in [1.54, 1.807) is 36.4 Å². The second-order valence-corrected chi connectivity index (χ2v) is 5.11. The summed E-state index contributed by atoms with van der Waals surface area (Å²) in [5.74, 6) is 0.993. The van der Waals surface area contributed by atoms with Crippen LogP contribution in [0.5, 0.6) is 11.5 Å². The molecule has 5 nitrogen and oxygen atoms in total. The highest BCUT2D eigenvalue weighted by molar-refractivity contribution is 9.10. The lowest BCUT2D eigenvalue weighted by molar-refractivity contribution is 0.102. The number of carbonyl (C=O) groups excluding carboxylic acids is 1. The van der Waals surface area contributed by atoms with Crippen LogP contribution in [0.4, 0.5) is 11.4 Å². The molecule has 2 aromatic carbocycles. The fourth-order valence-electron chi connectivity index (χ4n) is 1.86. The SMILES string of the molecule is Nc1cc(NC(=O)c2ccc3c(c2)OCO3)ccc1Br. The van der Waals surface area contributed by atoms with Gasteiger partial charge in [0.15, 0.2) is 11.5 Å². The molecule has 0 radical (unpaired) electrons. The lowest BCUT2D eigenvalue weighted by atomic mass is 10.2. The van der Waals surface area contributed by atoms with Gasteiger partial charge in [0.2, 0.25) is 6.79 Å². The van der Waals surface area contributed by atoms with E-state index in [0.717, 1.165) is 4.47 Å². The zero-order valence-electron chi connectivity index (χ0n) is 10.4. The molecule has 1 aliphatic rings. The Bertz CT molecular complexity index is 688. The number of rotatable bonds is 2. The lowest BCUT2D eigenvalue weighted by Crippen LogP contribution is -2.12. The van der Waals surface area contributed by atoms with Crippen LogP contribution in [0.1, 0.15) is 10.4 Å². The largest absolute Gasteiger partial charge is 0.454 e. The Balaban J connectivity index is 1.80. The molecule has 102 valence electrons. The van der Waals surface area contributed by atoms with Crippen LogP contribution in [0.3, 0.4) is 0 Å². The van der Waals surface area contributed by atoms with E-state index in [2.05, 4.69) is 21.2 Å². The van der Waals surface area contributed by atoms with Crippen molar-refractivity contribution in [2.75, 3.05) is 17.8 Å². The number of nitrogens with two attached hydrogens (primary N) is 1. The van der Waals surface area contributed by atoms with Gasteiger partial charge in [0.25, 0.3) is 5.91 Å². The molecule has 3 rings (SSSR count). The fourth-order valence-corrected chi connectivity index (χ4v) is 2.11. The monoisotopic (exact) mass is 334 g/mol. The summed E-state index contributed by atoms with van der Waals surface area (Å²) < 4.78 is 11.2. The number of carbonyl (C=O) groups is 1. The summed E-state index contributed by atoms with van der Waals surface area (Å²) in [4.78, 5) is 12.2. The predicted molar refractivity (Wildman–Crippen MR) is 79.1 cm³/mol. The Hall–Kier alpha value is -2.21. The maximum absolute atomic E-state index is 12.2. The van der Waals surface area contributed by atoms with Gasteiger partial charge in [0.1, 0.15) is 0 Å². The molecule has 0 unspecified atom stereocenters. The highest BCUT2D eigenvalue weighted by atomic mass is 79.9. The van der Waals surface area contributed by atoms with Crippen LogP contribution >= 0.6 is 15.9 Å². The molecule has 1 heterocycles. The van der Waals surface area contributed by atoms with Crippen molar-refractivity contribution in [3.8, 4) is 11.5 Å². The average Bonchev–Trinajstić information content (AvgIpc) is 2.90. The van der Waals surface area contributed by atoms with Gasteiger partial charge in [-0.25, -0.2) is 0 Å². The highest BCUT2D eigenvalue weighted by Gasteiger charge is 2.16. The van der Waals surface area contributed by atoms with Gasteiger partial charge < -0.3 is 20.5 Å². The van der Waals surface area contributed by atoms with Gasteiger partial charge in [-0.1, -0.05) is 0 Å². The molecular formula is C14H11BrN2O3. The normalized spacial score (nSPS) is 12.2. The molecule has 20 heavy (non-hydrogen) atoms. The molecule has 0 aliphatic carbocycles. The topological polar surface area (TPSA) is 73.6 Å². The standard InChI is InChI=1S/C14H11BrN2O3/c15-10-3-2-9(6-11(10)16)17-14(18)8-1-4-12-13(5-8)20-7-19-12/h1-6H,7,16H2,(H,17,18). The van der Waals surface area contributed by atoms with Crippen LogP contribution in [0.25, 0.3) is 0 Å². The molecule has 0 bridgehead atoms. The molecule has 3 N–H and O–H groups in total. The van der Waals surface area contributed by atoms with E-state index >= 15 is 0 Å². The summed E-state index contributed by atoms with van der Waals surface area (Å²) in [6.45, 7) is 0.184. The number of hydrogen-bond donors (Lipinski definition) is 2. The zero-order valence-corrected chi connectivity index (χ0v) is 11.9. The molecule has 0 atom stereocenters. The van der Waals surface area contributed by atoms with E-state index < -0.39 is 0 Å². The van der Waals surface area contributed by atoms with Gasteiger partial charge >= 0.3 is 0 Å². The van der Waals surface area contributed by atoms with Crippen molar-refractivity contribution in [1.29, 1.82) is 0 Å². The van der Waals surface area contributed by atoms with Crippen molar-refractivity contribution in [2.45, 2.75) is 0 Å². The molecular weight excluding hydrogens is 324 g/mol. The maximum atomic E-state index is 12.2. The second kappa shape index (κ2) is 5.05. The van der Waals surface area contributed by atoms with Crippen molar-refractivity contribution in [2.24, 2.45) is 0 Å². The Morgan fingerprint density at radius 1 is 1.15 bits per heavy atom. The quantitative estimate of drug-likeness (QED) is 0.828. The number of halogens is 1. The lowest BCUT2D eigenvalue weighted by Gasteiger charge is -2.07. The first-order valence-electron chi connectivity index (χ1n) is 5.89. The van der Waals surface area contributed by atoms with Crippen molar-refractivity contribution < 1.29 is 14.3 Å². The number of nitrogens with one attached hydrogen (secondary N) is 1. The molecule has 0 saturated carbocycles. The van der Waals surface area contributed by atoms with Gasteiger partial charge in [-0.2, -0.15) is 0 Å². The summed E-state index contributed by atoms with van der Waals surface area (Å²) in [6, 6.07) is 10.3. The summed E-state index contributed by atoms with van der Waals surface area (Å²) in [6.07, 6.45) is 0. The maximum Gasteiger partial charge on any atom is 0.255 e. The second-order valence-electron chi connectivity index (χ2n) is 4.26. The summed E-state index contributed by atoms with van der Waals surface area (Å²) in [5.41, 5.74) is 7.47. The zero-order chi connectivity index (χ0) is 14.1. The molecule has 0 fully saturated rings. The molecule has 2 aromatic rings. The van der Waals surface area contributed by atoms with Crippen LogP contribution in [0.2, 0.25) is 0 Å². The average molecular weight is 335 g/mol. The number of hydrogen-bond acceptors (Lipinski definition) is 4. The number of nitrogen functional groups attached to an aromatic ring is 1. The van der Waals surface area contributed by atoms with E-state index in [1.165, 1.54) is 0 Å². The van der Waals surface area contributed by atoms with Crippen LogP contribution in [-0.4, -0.2) is 12.7 Å². The molecule has 0 aromatic heterocycles. The predicted octanol–water partition coefficient (Wildman–Crippen LogP) is 3.01. The van der Waals surface area contributed by atoms with Crippen LogP contribution in [0.15, 0.2) is 40.9 Å². The number of amides is 1. The van der Waals surface area contributed by atoms with Crippen molar-refractivity contribution in [3.05, 3.63) is 46.4 Å². The van der Waals surface area contributed by atoms with E-state index in [9.17, 15) is 4.79 Å². The first-order valence-corrected chi connectivity index (χ1v) is 6.69. The Morgan fingerprint density at radius 3 is 2.75 bits per heavy atom. The molecule has 1 aliphatic heterocycles. The summed E-state index contributed by atoms with van der Waals surface area (Å²) in [7, 11) is 0. The Labute approximate surface area is 123 Å².